The quantitative estimate of drug-likeness (QED) is 0.673. The number of allylic oxidation sites excluding steroid dienone is 1. The van der Waals surface area contributed by atoms with Gasteiger partial charge in [-0.15, -0.1) is 0 Å². The van der Waals surface area contributed by atoms with E-state index in [9.17, 15) is 0 Å². The van der Waals surface area contributed by atoms with Crippen LogP contribution in [-0.4, -0.2) is 0 Å². The first-order valence-corrected chi connectivity index (χ1v) is 5.83. The Kier molecular flexibility index (Phi) is 4.15. The number of nitrogens with two attached hydrogens (primary N) is 1. The van der Waals surface area contributed by atoms with Gasteiger partial charge in [-0.1, -0.05) is 25.1 Å². The minimum absolute atomic E-state index is 0.605. The Balaban J connectivity index is 3.35. The maximum atomic E-state index is 8.93. The summed E-state index contributed by atoms with van der Waals surface area (Å²) in [6.45, 7) is 3.98. The van der Waals surface area contributed by atoms with E-state index in [1.54, 1.807) is 0 Å². The van der Waals surface area contributed by atoms with Crippen molar-refractivity contribution >= 4 is 28.3 Å². The molecule has 0 heterocycles. The Morgan fingerprint density at radius 2 is 2.20 bits per heavy atom. The lowest BCUT2D eigenvalue weighted by Gasteiger charge is -2.08. The van der Waals surface area contributed by atoms with Gasteiger partial charge in [0.05, 0.1) is 17.3 Å². The van der Waals surface area contributed by atoms with Gasteiger partial charge in [0.2, 0.25) is 0 Å². The van der Waals surface area contributed by atoms with Gasteiger partial charge in [0.1, 0.15) is 0 Å². The maximum Gasteiger partial charge on any atom is 0.0968 e. The third-order valence-electron chi connectivity index (χ3n) is 2.30. The molecule has 78 valence electrons. The minimum Gasteiger partial charge on any atom is -0.397 e. The molecule has 0 aromatic heterocycles. The normalized spacial score (nSPS) is 11.9. The van der Waals surface area contributed by atoms with Crippen molar-refractivity contribution in [2.75, 3.05) is 0 Å². The Labute approximate surface area is 104 Å². The molecule has 1 rings (SSSR count). The van der Waals surface area contributed by atoms with Crippen molar-refractivity contribution in [1.29, 1.82) is 5.26 Å². The molecule has 0 aliphatic rings. The molecule has 0 bridgehead atoms. The van der Waals surface area contributed by atoms with Gasteiger partial charge in [-0.2, -0.15) is 5.26 Å². The van der Waals surface area contributed by atoms with Crippen LogP contribution in [0.15, 0.2) is 23.8 Å². The first kappa shape index (κ1) is 12.1. The first-order chi connectivity index (χ1) is 7.11. The van der Waals surface area contributed by atoms with Gasteiger partial charge in [-0.25, -0.2) is 0 Å². The lowest BCUT2D eigenvalue weighted by molar-refractivity contribution is 1.14. The van der Waals surface area contributed by atoms with E-state index in [2.05, 4.69) is 28.7 Å². The van der Waals surface area contributed by atoms with E-state index in [-0.39, 0.29) is 0 Å². The van der Waals surface area contributed by atoms with E-state index in [1.807, 2.05) is 32.0 Å². The number of halogens is 1. The van der Waals surface area contributed by atoms with E-state index in [0.717, 1.165) is 9.13 Å². The molecule has 1 aromatic carbocycles. The van der Waals surface area contributed by atoms with Crippen molar-refractivity contribution in [3.63, 3.8) is 0 Å². The molecule has 0 unspecified atom stereocenters. The third-order valence-corrected chi connectivity index (χ3v) is 3.73. The van der Waals surface area contributed by atoms with E-state index in [0.29, 0.717) is 17.7 Å². The average Bonchev–Trinajstić information content (AvgIpc) is 2.23. The lowest BCUT2D eigenvalue weighted by Crippen LogP contribution is -2.03. The third kappa shape index (κ3) is 2.51. The molecule has 3 heteroatoms. The van der Waals surface area contributed by atoms with Crippen LogP contribution in [0.5, 0.6) is 0 Å². The van der Waals surface area contributed by atoms with Gasteiger partial charge >= 0.3 is 0 Å². The molecule has 15 heavy (non-hydrogen) atoms. The average molecular weight is 312 g/mol. The second kappa shape index (κ2) is 5.17. The topological polar surface area (TPSA) is 49.8 Å². The number of hydrogen-bond donors (Lipinski definition) is 1. The van der Waals surface area contributed by atoms with Gasteiger partial charge in [0.15, 0.2) is 0 Å². The van der Waals surface area contributed by atoms with Gasteiger partial charge in [-0.3, -0.25) is 0 Å². The summed E-state index contributed by atoms with van der Waals surface area (Å²) in [5, 5.41) is 8.93. The van der Waals surface area contributed by atoms with Crippen LogP contribution in [0, 0.1) is 21.8 Å². The van der Waals surface area contributed by atoms with Crippen LogP contribution < -0.4 is 5.73 Å². The molecule has 0 aliphatic carbocycles. The van der Waals surface area contributed by atoms with Crippen LogP contribution in [0.2, 0.25) is 0 Å². The second-order valence-corrected chi connectivity index (χ2v) is 4.37. The van der Waals surface area contributed by atoms with Crippen molar-refractivity contribution in [2.45, 2.75) is 20.3 Å². The van der Waals surface area contributed by atoms with Crippen molar-refractivity contribution in [1.82, 2.24) is 0 Å². The summed E-state index contributed by atoms with van der Waals surface area (Å²) in [6.07, 6.45) is 0.673. The molecule has 2 N–H and O–H groups in total. The summed E-state index contributed by atoms with van der Waals surface area (Å²) in [5.74, 6) is 0. The molecular formula is C12H13IN2. The fraction of sp³-hybridized carbons (Fsp3) is 0.250. The van der Waals surface area contributed by atoms with E-state index >= 15 is 0 Å². The summed E-state index contributed by atoms with van der Waals surface area (Å²) in [5.41, 5.74) is 9.39. The zero-order valence-corrected chi connectivity index (χ0v) is 11.0. The SMILES string of the molecule is CC/C(C#N)=C(/N)c1cccc(C)c1I. The summed E-state index contributed by atoms with van der Waals surface area (Å²) in [7, 11) is 0. The molecule has 1 aromatic rings. The number of rotatable bonds is 2. The van der Waals surface area contributed by atoms with Crippen LogP contribution in [0.4, 0.5) is 0 Å². The van der Waals surface area contributed by atoms with Crippen molar-refractivity contribution in [3.8, 4) is 6.07 Å². The Morgan fingerprint density at radius 3 is 2.73 bits per heavy atom. The van der Waals surface area contributed by atoms with E-state index in [1.165, 1.54) is 5.56 Å². The van der Waals surface area contributed by atoms with Crippen molar-refractivity contribution in [3.05, 3.63) is 38.5 Å². The van der Waals surface area contributed by atoms with Crippen LogP contribution in [0.25, 0.3) is 5.70 Å². The van der Waals surface area contributed by atoms with E-state index in [4.69, 9.17) is 11.0 Å². The van der Waals surface area contributed by atoms with Gasteiger partial charge in [-0.05, 0) is 41.5 Å². The molecule has 2 nitrogen and oxygen atoms in total. The summed E-state index contributed by atoms with van der Waals surface area (Å²) in [4.78, 5) is 0. The molecule has 0 atom stereocenters. The van der Waals surface area contributed by atoms with Crippen LogP contribution in [0.1, 0.15) is 24.5 Å². The molecule has 0 fully saturated rings. The monoisotopic (exact) mass is 312 g/mol. The highest BCUT2D eigenvalue weighted by Gasteiger charge is 2.08. The van der Waals surface area contributed by atoms with E-state index < -0.39 is 0 Å². The molecule has 0 aliphatic heterocycles. The van der Waals surface area contributed by atoms with Crippen LogP contribution in [-0.2, 0) is 0 Å². The van der Waals surface area contributed by atoms with Crippen molar-refractivity contribution in [2.24, 2.45) is 5.73 Å². The second-order valence-electron chi connectivity index (χ2n) is 3.29. The Bertz CT molecular complexity index is 441. The summed E-state index contributed by atoms with van der Waals surface area (Å²) in [6, 6.07) is 8.10. The zero-order valence-electron chi connectivity index (χ0n) is 8.84. The molecule has 0 radical (unpaired) electrons. The molecule has 0 saturated carbocycles. The lowest BCUT2D eigenvalue weighted by atomic mass is 10.0. The number of nitrogens with zero attached hydrogens (tertiary/aromatic N) is 1. The number of nitriles is 1. The number of aryl methyl sites for hydroxylation is 1. The largest absolute Gasteiger partial charge is 0.397 e. The highest BCUT2D eigenvalue weighted by atomic mass is 127. The number of hydrogen-bond acceptors (Lipinski definition) is 2. The number of benzene rings is 1. The fourth-order valence-electron chi connectivity index (χ4n) is 1.35. The van der Waals surface area contributed by atoms with Gasteiger partial charge < -0.3 is 5.73 Å². The maximum absolute atomic E-state index is 8.93. The standard InChI is InChI=1S/C12H13IN2/c1-3-9(7-14)12(15)10-6-4-5-8(2)11(10)13/h4-6H,3,15H2,1-2H3/b12-9-. The van der Waals surface area contributed by atoms with Crippen LogP contribution in [0.3, 0.4) is 0 Å². The highest BCUT2D eigenvalue weighted by Crippen LogP contribution is 2.23. The fourth-order valence-corrected chi connectivity index (χ4v) is 2.00. The van der Waals surface area contributed by atoms with Gasteiger partial charge in [0, 0.05) is 9.13 Å². The zero-order chi connectivity index (χ0) is 11.4. The van der Waals surface area contributed by atoms with Gasteiger partial charge in [0.25, 0.3) is 0 Å². The molecule has 0 spiro atoms. The van der Waals surface area contributed by atoms with Crippen molar-refractivity contribution < 1.29 is 0 Å². The molecular weight excluding hydrogens is 299 g/mol. The predicted molar refractivity (Wildman–Crippen MR) is 70.9 cm³/mol. The minimum atomic E-state index is 0.605. The van der Waals surface area contributed by atoms with Crippen LogP contribution >= 0.6 is 22.6 Å². The molecule has 0 saturated heterocycles. The smallest absolute Gasteiger partial charge is 0.0968 e. The summed E-state index contributed by atoms with van der Waals surface area (Å²) >= 11 is 2.26. The first-order valence-electron chi connectivity index (χ1n) is 4.76. The predicted octanol–water partition coefficient (Wildman–Crippen LogP) is 3.20. The molecule has 0 amide bonds. The highest BCUT2D eigenvalue weighted by molar-refractivity contribution is 14.1. The summed E-state index contributed by atoms with van der Waals surface area (Å²) < 4.78 is 1.12. The Morgan fingerprint density at radius 1 is 1.53 bits per heavy atom. The Hall–Kier alpha value is -1.02.